The fraction of sp³-hybridized carbons (Fsp3) is 0.429. The van der Waals surface area contributed by atoms with Crippen LogP contribution in [0.5, 0.6) is 0 Å². The van der Waals surface area contributed by atoms with Crippen LogP contribution in [0.4, 0.5) is 5.69 Å². The van der Waals surface area contributed by atoms with Crippen LogP contribution >= 0.6 is 0 Å². The lowest BCUT2D eigenvalue weighted by Crippen LogP contribution is -2.52. The highest BCUT2D eigenvalue weighted by Gasteiger charge is 2.40. The molecular formula is C28H30N4O. The van der Waals surface area contributed by atoms with Gasteiger partial charge >= 0.3 is 0 Å². The number of H-pyrrole nitrogens is 1. The third-order valence-electron chi connectivity index (χ3n) is 8.28. The van der Waals surface area contributed by atoms with E-state index in [9.17, 15) is 10.1 Å². The van der Waals surface area contributed by atoms with E-state index in [2.05, 4.69) is 53.8 Å². The van der Waals surface area contributed by atoms with E-state index in [4.69, 9.17) is 0 Å². The highest BCUT2D eigenvalue weighted by atomic mass is 16.1. The smallest absolute Gasteiger partial charge is 0.195 e. The third kappa shape index (κ3) is 2.97. The maximum absolute atomic E-state index is 13.7. The number of nitriles is 1. The maximum atomic E-state index is 13.7. The summed E-state index contributed by atoms with van der Waals surface area (Å²) in [7, 11) is 0. The highest BCUT2D eigenvalue weighted by Crippen LogP contribution is 2.45. The molecule has 2 fully saturated rings. The number of benzene rings is 2. The molecule has 1 N–H and O–H groups in total. The van der Waals surface area contributed by atoms with Crippen LogP contribution in [0.1, 0.15) is 71.4 Å². The van der Waals surface area contributed by atoms with Crippen molar-refractivity contribution in [1.29, 1.82) is 5.26 Å². The van der Waals surface area contributed by atoms with Gasteiger partial charge in [0.15, 0.2) is 5.78 Å². The summed E-state index contributed by atoms with van der Waals surface area (Å²) in [6.45, 7) is 10.9. The van der Waals surface area contributed by atoms with Crippen LogP contribution in [0.15, 0.2) is 30.3 Å². The van der Waals surface area contributed by atoms with Crippen LogP contribution in [0.2, 0.25) is 0 Å². The normalized spacial score (nSPS) is 20.3. The van der Waals surface area contributed by atoms with Crippen molar-refractivity contribution in [3.8, 4) is 6.07 Å². The van der Waals surface area contributed by atoms with E-state index >= 15 is 0 Å². The van der Waals surface area contributed by atoms with E-state index in [1.165, 1.54) is 30.5 Å². The zero-order valence-electron chi connectivity index (χ0n) is 19.7. The second kappa shape index (κ2) is 7.20. The molecule has 1 aliphatic heterocycles. The second-order valence-corrected chi connectivity index (χ2v) is 10.5. The van der Waals surface area contributed by atoms with E-state index in [1.54, 1.807) is 6.07 Å². The Balaban J connectivity index is 1.40. The Morgan fingerprint density at radius 1 is 1.09 bits per heavy atom. The number of hydrogen-bond donors (Lipinski definition) is 1. The minimum absolute atomic E-state index is 0.0831. The van der Waals surface area contributed by atoms with Gasteiger partial charge in [0.05, 0.1) is 17.2 Å². The predicted octanol–water partition coefficient (Wildman–Crippen LogP) is 4.89. The minimum atomic E-state index is -0.333. The van der Waals surface area contributed by atoms with Crippen molar-refractivity contribution in [2.24, 2.45) is 0 Å². The number of carbonyl (C=O) groups is 1. The Morgan fingerprint density at radius 2 is 1.85 bits per heavy atom. The summed E-state index contributed by atoms with van der Waals surface area (Å²) < 4.78 is 0. The fourth-order valence-corrected chi connectivity index (χ4v) is 6.06. The number of nitrogens with zero attached hydrogens (tertiary/aromatic N) is 3. The van der Waals surface area contributed by atoms with E-state index in [-0.39, 0.29) is 11.2 Å². The van der Waals surface area contributed by atoms with Gasteiger partial charge in [0.1, 0.15) is 0 Å². The number of aromatic amines is 1. The van der Waals surface area contributed by atoms with Crippen LogP contribution in [-0.4, -0.2) is 47.9 Å². The Labute approximate surface area is 195 Å². The molecule has 3 aliphatic rings. The lowest BCUT2D eigenvalue weighted by atomic mass is 9.70. The van der Waals surface area contributed by atoms with Gasteiger partial charge in [-0.2, -0.15) is 5.26 Å². The Hall–Kier alpha value is -3.10. The molecule has 6 rings (SSSR count). The largest absolute Gasteiger partial charge is 0.369 e. The number of ketones is 1. The van der Waals surface area contributed by atoms with E-state index in [0.29, 0.717) is 5.56 Å². The quantitative estimate of drug-likeness (QED) is 0.619. The van der Waals surface area contributed by atoms with Gasteiger partial charge in [-0.25, -0.2) is 0 Å². The van der Waals surface area contributed by atoms with Crippen LogP contribution in [0.25, 0.3) is 10.9 Å². The molecule has 0 unspecified atom stereocenters. The van der Waals surface area contributed by atoms with Crippen LogP contribution in [0, 0.1) is 18.3 Å². The summed E-state index contributed by atoms with van der Waals surface area (Å²) >= 11 is 0. The van der Waals surface area contributed by atoms with Crippen molar-refractivity contribution in [3.63, 3.8) is 0 Å². The number of aromatic nitrogens is 1. The number of rotatable bonds is 2. The number of fused-ring (bicyclic) bond motifs is 4. The molecule has 168 valence electrons. The molecule has 33 heavy (non-hydrogen) atoms. The van der Waals surface area contributed by atoms with Gasteiger partial charge in [0, 0.05) is 65.5 Å². The van der Waals surface area contributed by atoms with Gasteiger partial charge in [-0.15, -0.1) is 0 Å². The number of anilines is 1. The lowest BCUT2D eigenvalue weighted by molar-refractivity contribution is 0.103. The molecule has 1 aromatic heterocycles. The molecule has 0 atom stereocenters. The average Bonchev–Trinajstić information content (AvgIpc) is 3.17. The first-order valence-corrected chi connectivity index (χ1v) is 12.1. The number of piperazine rings is 1. The Kier molecular flexibility index (Phi) is 4.47. The van der Waals surface area contributed by atoms with E-state index < -0.39 is 0 Å². The highest BCUT2D eigenvalue weighted by molar-refractivity contribution is 6.20. The van der Waals surface area contributed by atoms with Crippen LogP contribution in [-0.2, 0) is 5.41 Å². The number of nitrogens with one attached hydrogen (secondary N) is 1. The molecule has 0 spiro atoms. The zero-order valence-corrected chi connectivity index (χ0v) is 19.7. The van der Waals surface area contributed by atoms with Crippen LogP contribution in [0.3, 0.4) is 0 Å². The molecule has 1 saturated carbocycles. The molecule has 0 bridgehead atoms. The molecule has 2 aromatic carbocycles. The molecule has 3 aromatic rings. The summed E-state index contributed by atoms with van der Waals surface area (Å²) in [5, 5.41) is 10.2. The van der Waals surface area contributed by atoms with Crippen molar-refractivity contribution in [2.45, 2.75) is 51.5 Å². The fourth-order valence-electron chi connectivity index (χ4n) is 6.06. The Bertz CT molecular complexity index is 1330. The summed E-state index contributed by atoms with van der Waals surface area (Å²) in [6.07, 6.45) is 4.10. The Morgan fingerprint density at radius 3 is 2.52 bits per heavy atom. The zero-order chi connectivity index (χ0) is 22.9. The molecule has 5 nitrogen and oxygen atoms in total. The van der Waals surface area contributed by atoms with E-state index in [0.717, 1.165) is 65.5 Å². The maximum Gasteiger partial charge on any atom is 0.195 e. The number of aryl methyl sites for hydroxylation is 1. The predicted molar refractivity (Wildman–Crippen MR) is 131 cm³/mol. The average molecular weight is 439 g/mol. The number of hydrogen-bond acceptors (Lipinski definition) is 4. The first-order chi connectivity index (χ1) is 15.9. The standard InChI is InChI=1S/C28H30N4O/c1-17-13-21-22(15-24(17)32-11-9-31(10-12-32)19-5-4-6-19)28(2,3)27-25(26(21)33)20-8-7-18(16-29)14-23(20)30-27/h7-8,13-15,19,30H,4-6,9-12H2,1-3H3. The molecule has 2 aliphatic carbocycles. The molecule has 0 radical (unpaired) electrons. The first-order valence-electron chi connectivity index (χ1n) is 12.1. The second-order valence-electron chi connectivity index (χ2n) is 10.5. The van der Waals surface area contributed by atoms with Gasteiger partial charge in [0.25, 0.3) is 0 Å². The SMILES string of the molecule is Cc1cc2c(cc1N1CCN(C3CCC3)CC1)C(C)(C)c1[nH]c3cc(C#N)ccc3c1C2=O. The number of carbonyl (C=O) groups excluding carboxylic acids is 1. The van der Waals surface area contributed by atoms with Crippen molar-refractivity contribution >= 4 is 22.4 Å². The molecule has 5 heteroatoms. The van der Waals surface area contributed by atoms with Gasteiger partial charge in [-0.1, -0.05) is 26.3 Å². The summed E-state index contributed by atoms with van der Waals surface area (Å²) in [5.41, 5.74) is 7.17. The lowest BCUT2D eigenvalue weighted by Gasteiger charge is -2.44. The van der Waals surface area contributed by atoms with Gasteiger partial charge in [0.2, 0.25) is 0 Å². The van der Waals surface area contributed by atoms with Gasteiger partial charge in [-0.05, 0) is 55.2 Å². The topological polar surface area (TPSA) is 63.1 Å². The van der Waals surface area contributed by atoms with Crippen molar-refractivity contribution < 1.29 is 4.79 Å². The summed E-state index contributed by atoms with van der Waals surface area (Å²) in [4.78, 5) is 22.4. The van der Waals surface area contributed by atoms with E-state index in [1.807, 2.05) is 12.1 Å². The minimum Gasteiger partial charge on any atom is -0.369 e. The molecule has 1 saturated heterocycles. The summed E-state index contributed by atoms with van der Waals surface area (Å²) in [6, 6.07) is 12.9. The molecule has 0 amide bonds. The van der Waals surface area contributed by atoms with Gasteiger partial charge in [-0.3, -0.25) is 9.69 Å². The van der Waals surface area contributed by atoms with Crippen molar-refractivity contribution in [2.75, 3.05) is 31.1 Å². The molecule has 2 heterocycles. The monoisotopic (exact) mass is 438 g/mol. The summed E-state index contributed by atoms with van der Waals surface area (Å²) in [5.74, 6) is 0.0831. The first kappa shape index (κ1) is 20.5. The third-order valence-corrected chi connectivity index (χ3v) is 8.28. The van der Waals surface area contributed by atoms with Gasteiger partial charge < -0.3 is 9.88 Å². The van der Waals surface area contributed by atoms with Crippen LogP contribution < -0.4 is 4.90 Å². The van der Waals surface area contributed by atoms with Crippen molar-refractivity contribution in [1.82, 2.24) is 9.88 Å². The van der Waals surface area contributed by atoms with Crippen molar-refractivity contribution in [3.05, 3.63) is 63.8 Å². The molecular weight excluding hydrogens is 408 g/mol.